The fraction of sp³-hybridized carbons (Fsp3) is 0.462. The minimum Gasteiger partial charge on any atom is -0.508 e. The second kappa shape index (κ2) is 5.37. The number of aromatic hydroxyl groups is 1. The average molecular weight is 249 g/mol. The first-order valence-corrected chi connectivity index (χ1v) is 6.15. The molecule has 1 heterocycles. The van der Waals surface area contributed by atoms with Gasteiger partial charge in [-0.3, -0.25) is 4.79 Å². The van der Waals surface area contributed by atoms with E-state index < -0.39 is 0 Å². The maximum absolute atomic E-state index is 12.4. The Balaban J connectivity index is 2.21. The zero-order chi connectivity index (χ0) is 13.1. The third-order valence-electron chi connectivity index (χ3n) is 3.33. The molecule has 0 aliphatic carbocycles. The van der Waals surface area contributed by atoms with Crippen molar-refractivity contribution >= 4 is 5.91 Å². The first kappa shape index (κ1) is 12.9. The molecule has 1 aromatic rings. The Morgan fingerprint density at radius 3 is 3.06 bits per heavy atom. The molecule has 1 fully saturated rings. The quantitative estimate of drug-likeness (QED) is 0.693. The van der Waals surface area contributed by atoms with Crippen LogP contribution >= 0.6 is 0 Å². The summed E-state index contributed by atoms with van der Waals surface area (Å²) in [5, 5.41) is 12.7. The van der Waals surface area contributed by atoms with Crippen molar-refractivity contribution in [3.8, 4) is 5.75 Å². The summed E-state index contributed by atoms with van der Waals surface area (Å²) in [6.45, 7) is 4.43. The highest BCUT2D eigenvalue weighted by atomic mass is 16.3. The van der Waals surface area contributed by atoms with E-state index in [2.05, 4.69) is 5.32 Å². The molecule has 1 aliphatic heterocycles. The highest BCUT2D eigenvalue weighted by Gasteiger charge is 2.26. The van der Waals surface area contributed by atoms with Gasteiger partial charge in [-0.1, -0.05) is 0 Å². The predicted molar refractivity (Wildman–Crippen MR) is 69.6 cm³/mol. The van der Waals surface area contributed by atoms with Crippen LogP contribution in [0.2, 0.25) is 0 Å². The Kier molecular flexibility index (Phi) is 3.84. The topological polar surface area (TPSA) is 78.6 Å². The molecule has 5 heteroatoms. The number of piperazine rings is 1. The Labute approximate surface area is 107 Å². The number of nitrogens with one attached hydrogen (secondary N) is 1. The number of phenolic OH excluding ortho intramolecular Hbond substituents is 1. The zero-order valence-corrected chi connectivity index (χ0v) is 10.5. The van der Waals surface area contributed by atoms with Crippen LogP contribution in [-0.4, -0.2) is 48.1 Å². The molecular formula is C13H19N3O2. The third kappa shape index (κ3) is 2.47. The fourth-order valence-electron chi connectivity index (χ4n) is 2.19. The van der Waals surface area contributed by atoms with Crippen LogP contribution in [0.15, 0.2) is 18.2 Å². The third-order valence-corrected chi connectivity index (χ3v) is 3.33. The number of nitrogens with zero attached hydrogens (tertiary/aromatic N) is 1. The maximum Gasteiger partial charge on any atom is 0.254 e. The number of carbonyl (C=O) groups excluding carboxylic acids is 1. The molecule has 1 atom stereocenters. The Bertz CT molecular complexity index is 448. The van der Waals surface area contributed by atoms with E-state index in [4.69, 9.17) is 5.73 Å². The number of amides is 1. The Hall–Kier alpha value is -1.59. The molecule has 1 aromatic carbocycles. The van der Waals surface area contributed by atoms with Gasteiger partial charge in [-0.05, 0) is 30.7 Å². The van der Waals surface area contributed by atoms with Gasteiger partial charge in [0.1, 0.15) is 5.75 Å². The number of aryl methyl sites for hydroxylation is 1. The van der Waals surface area contributed by atoms with Gasteiger partial charge in [0.15, 0.2) is 0 Å². The summed E-state index contributed by atoms with van der Waals surface area (Å²) < 4.78 is 0. The van der Waals surface area contributed by atoms with Gasteiger partial charge in [0.2, 0.25) is 0 Å². The van der Waals surface area contributed by atoms with E-state index in [1.165, 1.54) is 0 Å². The molecule has 0 aromatic heterocycles. The van der Waals surface area contributed by atoms with Gasteiger partial charge in [-0.15, -0.1) is 0 Å². The lowest BCUT2D eigenvalue weighted by Gasteiger charge is -2.35. The number of hydrogen-bond donors (Lipinski definition) is 3. The lowest BCUT2D eigenvalue weighted by Crippen LogP contribution is -2.56. The first-order chi connectivity index (χ1) is 8.63. The smallest absolute Gasteiger partial charge is 0.254 e. The largest absolute Gasteiger partial charge is 0.508 e. The second-order valence-corrected chi connectivity index (χ2v) is 4.59. The molecule has 1 aliphatic rings. The average Bonchev–Trinajstić information content (AvgIpc) is 2.41. The summed E-state index contributed by atoms with van der Waals surface area (Å²) in [5.41, 5.74) is 7.00. The molecule has 4 N–H and O–H groups in total. The van der Waals surface area contributed by atoms with Gasteiger partial charge in [0, 0.05) is 31.7 Å². The van der Waals surface area contributed by atoms with E-state index in [-0.39, 0.29) is 17.7 Å². The van der Waals surface area contributed by atoms with Crippen LogP contribution < -0.4 is 11.1 Å². The first-order valence-electron chi connectivity index (χ1n) is 6.15. The van der Waals surface area contributed by atoms with E-state index >= 15 is 0 Å². The van der Waals surface area contributed by atoms with Crippen LogP contribution in [-0.2, 0) is 0 Å². The second-order valence-electron chi connectivity index (χ2n) is 4.59. The number of benzene rings is 1. The highest BCUT2D eigenvalue weighted by Crippen LogP contribution is 2.19. The Morgan fingerprint density at radius 1 is 1.61 bits per heavy atom. The van der Waals surface area contributed by atoms with E-state index in [9.17, 15) is 9.90 Å². The summed E-state index contributed by atoms with van der Waals surface area (Å²) in [4.78, 5) is 14.2. The van der Waals surface area contributed by atoms with Crippen molar-refractivity contribution in [2.24, 2.45) is 5.73 Å². The lowest BCUT2D eigenvalue weighted by molar-refractivity contribution is 0.0644. The van der Waals surface area contributed by atoms with Gasteiger partial charge in [-0.25, -0.2) is 0 Å². The van der Waals surface area contributed by atoms with Crippen molar-refractivity contribution in [3.05, 3.63) is 29.3 Å². The number of phenols is 1. The van der Waals surface area contributed by atoms with Crippen molar-refractivity contribution in [2.75, 3.05) is 26.2 Å². The van der Waals surface area contributed by atoms with Gasteiger partial charge in [-0.2, -0.15) is 0 Å². The molecule has 0 spiro atoms. The van der Waals surface area contributed by atoms with E-state index in [0.717, 1.165) is 13.1 Å². The molecule has 98 valence electrons. The van der Waals surface area contributed by atoms with Crippen molar-refractivity contribution in [3.63, 3.8) is 0 Å². The molecule has 0 saturated carbocycles. The van der Waals surface area contributed by atoms with Crippen LogP contribution in [0.1, 0.15) is 15.9 Å². The van der Waals surface area contributed by atoms with Crippen LogP contribution in [0.25, 0.3) is 0 Å². The summed E-state index contributed by atoms with van der Waals surface area (Å²) in [6, 6.07) is 4.97. The van der Waals surface area contributed by atoms with Crippen LogP contribution in [0.4, 0.5) is 0 Å². The SMILES string of the molecule is Cc1cc(C(=O)N2CCNCC2CN)ccc1O. The van der Waals surface area contributed by atoms with Gasteiger partial charge in [0.05, 0.1) is 6.04 Å². The van der Waals surface area contributed by atoms with Crippen LogP contribution in [0.5, 0.6) is 5.75 Å². The van der Waals surface area contributed by atoms with Crippen molar-refractivity contribution in [1.29, 1.82) is 0 Å². The van der Waals surface area contributed by atoms with E-state index in [1.807, 2.05) is 4.90 Å². The predicted octanol–water partition coefficient (Wildman–Crippen LogP) is 0.0733. The molecule has 1 saturated heterocycles. The summed E-state index contributed by atoms with van der Waals surface area (Å²) in [7, 11) is 0. The number of carbonyl (C=O) groups is 1. The molecular weight excluding hydrogens is 230 g/mol. The molecule has 0 radical (unpaired) electrons. The highest BCUT2D eigenvalue weighted by molar-refractivity contribution is 5.95. The van der Waals surface area contributed by atoms with Gasteiger partial charge in [0.25, 0.3) is 5.91 Å². The number of hydrogen-bond acceptors (Lipinski definition) is 4. The van der Waals surface area contributed by atoms with Gasteiger partial charge < -0.3 is 21.1 Å². The number of rotatable bonds is 2. The molecule has 1 unspecified atom stereocenters. The van der Waals surface area contributed by atoms with E-state index in [0.29, 0.717) is 24.2 Å². The van der Waals surface area contributed by atoms with Crippen molar-refractivity contribution in [1.82, 2.24) is 10.2 Å². The van der Waals surface area contributed by atoms with Crippen molar-refractivity contribution in [2.45, 2.75) is 13.0 Å². The maximum atomic E-state index is 12.4. The van der Waals surface area contributed by atoms with Crippen molar-refractivity contribution < 1.29 is 9.90 Å². The normalized spacial score (nSPS) is 19.9. The number of nitrogens with two attached hydrogens (primary N) is 1. The minimum atomic E-state index is -0.0185. The fourth-order valence-corrected chi connectivity index (χ4v) is 2.19. The monoisotopic (exact) mass is 249 g/mol. The van der Waals surface area contributed by atoms with E-state index in [1.54, 1.807) is 25.1 Å². The molecule has 2 rings (SSSR count). The zero-order valence-electron chi connectivity index (χ0n) is 10.5. The van der Waals surface area contributed by atoms with Gasteiger partial charge >= 0.3 is 0 Å². The summed E-state index contributed by atoms with van der Waals surface area (Å²) in [6.07, 6.45) is 0. The molecule has 18 heavy (non-hydrogen) atoms. The molecule has 1 amide bonds. The standard InChI is InChI=1S/C13H19N3O2/c1-9-6-10(2-3-12(9)17)13(18)16-5-4-15-8-11(16)7-14/h2-3,6,11,15,17H,4-5,7-8,14H2,1H3. The molecule has 5 nitrogen and oxygen atoms in total. The Morgan fingerprint density at radius 2 is 2.39 bits per heavy atom. The summed E-state index contributed by atoms with van der Waals surface area (Å²) in [5.74, 6) is 0.192. The summed E-state index contributed by atoms with van der Waals surface area (Å²) >= 11 is 0. The lowest BCUT2D eigenvalue weighted by atomic mass is 10.1. The molecule has 0 bridgehead atoms. The minimum absolute atomic E-state index is 0.0185. The van der Waals surface area contributed by atoms with Crippen LogP contribution in [0, 0.1) is 6.92 Å². The van der Waals surface area contributed by atoms with Crippen LogP contribution in [0.3, 0.4) is 0 Å².